The highest BCUT2D eigenvalue weighted by Gasteiger charge is 2.22. The average molecular weight is 566 g/mol. The number of nitrogens with zero attached hydrogens (tertiary/aromatic N) is 1. The second-order valence-corrected chi connectivity index (χ2v) is 13.0. The van der Waals surface area contributed by atoms with E-state index < -0.39 is 0 Å². The van der Waals surface area contributed by atoms with Gasteiger partial charge >= 0.3 is 0 Å². The molecule has 0 radical (unpaired) electrons. The number of aromatic amines is 1. The van der Waals surface area contributed by atoms with Crippen molar-refractivity contribution in [3.63, 3.8) is 0 Å². The Morgan fingerprint density at radius 2 is 0.902 bits per heavy atom. The summed E-state index contributed by atoms with van der Waals surface area (Å²) in [5.41, 5.74) is 1.40. The Bertz CT molecular complexity index is 795. The summed E-state index contributed by atoms with van der Waals surface area (Å²) in [5, 5.41) is 0. The van der Waals surface area contributed by atoms with Crippen LogP contribution in [0.3, 0.4) is 0 Å². The minimum Gasteiger partial charge on any atom is -0.247 e. The summed E-state index contributed by atoms with van der Waals surface area (Å²) >= 11 is 0. The minimum atomic E-state index is 0.667. The first-order valence-corrected chi connectivity index (χ1v) is 18.5. The lowest BCUT2D eigenvalue weighted by molar-refractivity contribution is -0.695. The smallest absolute Gasteiger partial charge is 0.247 e. The van der Waals surface area contributed by atoms with Gasteiger partial charge in [-0.3, -0.25) is 0 Å². The van der Waals surface area contributed by atoms with E-state index in [1.54, 1.807) is 0 Å². The second kappa shape index (κ2) is 26.1. The Morgan fingerprint density at radius 3 is 1.32 bits per heavy atom. The molecule has 0 bridgehead atoms. The summed E-state index contributed by atoms with van der Waals surface area (Å²) < 4.78 is 2.49. The zero-order chi connectivity index (χ0) is 29.1. The Kier molecular flexibility index (Phi) is 22.7. The predicted octanol–water partition coefficient (Wildman–Crippen LogP) is 12.6. The van der Waals surface area contributed by atoms with Crippen molar-refractivity contribution in [2.24, 2.45) is 0 Å². The molecule has 1 atom stereocenters. The van der Waals surface area contributed by atoms with Crippen LogP contribution in [-0.2, 0) is 6.54 Å². The molecule has 2 rings (SSSR count). The molecule has 2 aromatic rings. The van der Waals surface area contributed by atoms with Gasteiger partial charge in [0.05, 0.1) is 5.92 Å². The van der Waals surface area contributed by atoms with Gasteiger partial charge in [0.15, 0.2) is 0 Å². The fourth-order valence-electron chi connectivity index (χ4n) is 6.53. The molecule has 0 fully saturated rings. The number of unbranched alkanes of at least 4 members (excludes halogenated alkanes) is 22. The monoisotopic (exact) mass is 566 g/mol. The van der Waals surface area contributed by atoms with Crippen LogP contribution in [0.1, 0.15) is 198 Å². The molecular weight excluding hydrogens is 496 g/mol. The van der Waals surface area contributed by atoms with Crippen LogP contribution in [-0.4, -0.2) is 4.98 Å². The zero-order valence-electron chi connectivity index (χ0n) is 27.7. The summed E-state index contributed by atoms with van der Waals surface area (Å²) in [6.45, 7) is 5.59. The SMILES string of the molecule is CCCCCCCCCCCCCCCC[C@H](CCCCCCCCCCCC)c1[nH]cc[n+]1Cc1ccccc1. The number of aromatic nitrogens is 2. The average Bonchev–Trinajstić information content (AvgIpc) is 3.45. The molecule has 1 aromatic carbocycles. The highest BCUT2D eigenvalue weighted by atomic mass is 15.1. The number of rotatable bonds is 29. The molecule has 0 aliphatic carbocycles. The van der Waals surface area contributed by atoms with E-state index in [-0.39, 0.29) is 0 Å². The van der Waals surface area contributed by atoms with E-state index in [2.05, 4.69) is 66.1 Å². The van der Waals surface area contributed by atoms with Gasteiger partial charge in [-0.15, -0.1) is 0 Å². The van der Waals surface area contributed by atoms with Gasteiger partial charge in [-0.25, -0.2) is 9.55 Å². The number of nitrogens with one attached hydrogen (secondary N) is 1. The number of benzene rings is 1. The lowest BCUT2D eigenvalue weighted by Gasteiger charge is -2.14. The van der Waals surface area contributed by atoms with E-state index in [9.17, 15) is 0 Å². The van der Waals surface area contributed by atoms with Crippen molar-refractivity contribution in [3.8, 4) is 0 Å². The minimum absolute atomic E-state index is 0.667. The molecule has 1 aromatic heterocycles. The molecule has 41 heavy (non-hydrogen) atoms. The summed E-state index contributed by atoms with van der Waals surface area (Å²) in [6, 6.07) is 11.0. The highest BCUT2D eigenvalue weighted by Crippen LogP contribution is 2.26. The topological polar surface area (TPSA) is 19.7 Å². The lowest BCUT2D eigenvalue weighted by atomic mass is 9.93. The zero-order valence-corrected chi connectivity index (χ0v) is 27.7. The van der Waals surface area contributed by atoms with Gasteiger partial charge in [0, 0.05) is 0 Å². The summed E-state index contributed by atoms with van der Waals surface area (Å²) in [4.78, 5) is 3.67. The van der Waals surface area contributed by atoms with Gasteiger partial charge in [0.2, 0.25) is 0 Å². The van der Waals surface area contributed by atoms with Gasteiger partial charge in [0.1, 0.15) is 18.9 Å². The Labute approximate surface area is 256 Å². The number of hydrogen-bond acceptors (Lipinski definition) is 0. The molecule has 0 saturated heterocycles. The summed E-state index contributed by atoms with van der Waals surface area (Å²) in [5.74, 6) is 2.12. The third-order valence-corrected chi connectivity index (χ3v) is 9.19. The maximum absolute atomic E-state index is 3.67. The van der Waals surface area contributed by atoms with Gasteiger partial charge in [-0.1, -0.05) is 198 Å². The van der Waals surface area contributed by atoms with Crippen LogP contribution in [0.5, 0.6) is 0 Å². The largest absolute Gasteiger partial charge is 0.257 e. The quantitative estimate of drug-likeness (QED) is 0.0747. The first-order chi connectivity index (χ1) is 20.3. The molecule has 1 N–H and O–H groups in total. The van der Waals surface area contributed by atoms with Crippen LogP contribution >= 0.6 is 0 Å². The van der Waals surface area contributed by atoms with E-state index in [1.165, 1.54) is 178 Å². The number of hydrogen-bond donors (Lipinski definition) is 1. The number of H-pyrrole nitrogens is 1. The first kappa shape index (κ1) is 35.6. The molecule has 2 nitrogen and oxygen atoms in total. The fourth-order valence-corrected chi connectivity index (χ4v) is 6.53. The molecule has 0 aliphatic heterocycles. The van der Waals surface area contributed by atoms with Crippen molar-refractivity contribution < 1.29 is 4.57 Å². The normalized spacial score (nSPS) is 12.2. The van der Waals surface area contributed by atoms with Gasteiger partial charge < -0.3 is 0 Å². The molecule has 0 unspecified atom stereocenters. The highest BCUT2D eigenvalue weighted by molar-refractivity contribution is 5.13. The van der Waals surface area contributed by atoms with Crippen molar-refractivity contribution in [2.45, 2.75) is 193 Å². The van der Waals surface area contributed by atoms with Crippen LogP contribution in [0, 0.1) is 0 Å². The van der Waals surface area contributed by atoms with Crippen LogP contribution in [0.25, 0.3) is 0 Å². The maximum Gasteiger partial charge on any atom is 0.257 e. The van der Waals surface area contributed by atoms with Crippen molar-refractivity contribution in [3.05, 3.63) is 54.1 Å². The van der Waals surface area contributed by atoms with E-state index in [1.807, 2.05) is 0 Å². The predicted molar refractivity (Wildman–Crippen MR) is 181 cm³/mol. The third-order valence-electron chi connectivity index (χ3n) is 9.19. The van der Waals surface area contributed by atoms with Crippen LogP contribution < -0.4 is 4.57 Å². The van der Waals surface area contributed by atoms with E-state index in [4.69, 9.17) is 0 Å². The van der Waals surface area contributed by atoms with Crippen LogP contribution in [0.15, 0.2) is 42.7 Å². The van der Waals surface area contributed by atoms with Gasteiger partial charge in [0.25, 0.3) is 5.82 Å². The van der Waals surface area contributed by atoms with Crippen molar-refractivity contribution in [1.82, 2.24) is 4.98 Å². The van der Waals surface area contributed by atoms with E-state index in [0.29, 0.717) is 5.92 Å². The Balaban J connectivity index is 1.65. The molecule has 0 amide bonds. The summed E-state index contributed by atoms with van der Waals surface area (Å²) in [7, 11) is 0. The van der Waals surface area contributed by atoms with Crippen LogP contribution in [0.4, 0.5) is 0 Å². The first-order valence-electron chi connectivity index (χ1n) is 18.5. The molecular formula is C39H69N2+. The molecule has 0 saturated carbocycles. The van der Waals surface area contributed by atoms with Crippen molar-refractivity contribution >= 4 is 0 Å². The molecule has 0 aliphatic rings. The van der Waals surface area contributed by atoms with E-state index in [0.717, 1.165) is 6.54 Å². The van der Waals surface area contributed by atoms with E-state index >= 15 is 0 Å². The standard InChI is InChI=1S/C39H68N2/c1-3-5-7-9-11-13-15-16-17-18-20-22-24-29-33-38(32-28-23-21-19-14-12-10-8-6-4-2)39-40-34-35-41(39)36-37-30-26-25-27-31-37/h25-27,30-31,34-35,38H,3-24,28-29,32-33,36H2,1-2H3/p+1/t38-/m0/s1. The third kappa shape index (κ3) is 18.6. The fraction of sp³-hybridized carbons (Fsp3) is 0.769. The Hall–Kier alpha value is -1.57. The van der Waals surface area contributed by atoms with Gasteiger partial charge in [-0.2, -0.15) is 0 Å². The lowest BCUT2D eigenvalue weighted by Crippen LogP contribution is -2.38. The van der Waals surface area contributed by atoms with Crippen molar-refractivity contribution in [2.75, 3.05) is 0 Å². The molecule has 0 spiro atoms. The number of imidazole rings is 1. The molecule has 234 valence electrons. The Morgan fingerprint density at radius 1 is 0.512 bits per heavy atom. The maximum atomic E-state index is 3.67. The summed E-state index contributed by atoms with van der Waals surface area (Å²) in [6.07, 6.45) is 41.4. The second-order valence-electron chi connectivity index (χ2n) is 13.0. The van der Waals surface area contributed by atoms with Crippen LogP contribution in [0.2, 0.25) is 0 Å². The van der Waals surface area contributed by atoms with Gasteiger partial charge in [-0.05, 0) is 18.4 Å². The molecule has 2 heteroatoms. The van der Waals surface area contributed by atoms with Crippen molar-refractivity contribution in [1.29, 1.82) is 0 Å². The molecule has 1 heterocycles.